The Labute approximate surface area is 115 Å². The fraction of sp³-hybridized carbons (Fsp3) is 0.462. The second-order valence-electron chi connectivity index (χ2n) is 4.72. The molecule has 5 heteroatoms. The van der Waals surface area contributed by atoms with E-state index in [1.54, 1.807) is 6.92 Å². The topological polar surface area (TPSA) is 58.4 Å². The molecule has 0 unspecified atom stereocenters. The predicted molar refractivity (Wildman–Crippen MR) is 78.1 cm³/mol. The van der Waals surface area contributed by atoms with Crippen LogP contribution in [0.15, 0.2) is 18.2 Å². The molecule has 0 bridgehead atoms. The summed E-state index contributed by atoms with van der Waals surface area (Å²) in [6.07, 6.45) is 0. The molecule has 4 nitrogen and oxygen atoms in total. The molecule has 0 saturated heterocycles. The van der Waals surface area contributed by atoms with E-state index in [1.807, 2.05) is 33.2 Å². The third-order valence-corrected chi connectivity index (χ3v) is 2.32. The minimum absolute atomic E-state index is 0. The van der Waals surface area contributed by atoms with E-state index in [2.05, 4.69) is 16.3 Å². The van der Waals surface area contributed by atoms with E-state index in [9.17, 15) is 4.79 Å². The van der Waals surface area contributed by atoms with Crippen molar-refractivity contribution in [2.75, 3.05) is 19.4 Å². The van der Waals surface area contributed by atoms with Gasteiger partial charge in [-0.2, -0.15) is 0 Å². The number of hydrogen-bond acceptors (Lipinski definition) is 3. The van der Waals surface area contributed by atoms with Crippen LogP contribution >= 0.6 is 12.4 Å². The Bertz CT molecular complexity index is 405. The molecule has 102 valence electrons. The highest BCUT2D eigenvalue weighted by molar-refractivity contribution is 5.94. The third kappa shape index (κ3) is 5.49. The van der Waals surface area contributed by atoms with Crippen molar-refractivity contribution in [1.82, 2.24) is 4.90 Å². The Morgan fingerprint density at radius 1 is 1.39 bits per heavy atom. The van der Waals surface area contributed by atoms with Gasteiger partial charge in [-0.05, 0) is 51.2 Å². The maximum absolute atomic E-state index is 11.5. The van der Waals surface area contributed by atoms with E-state index in [1.165, 1.54) is 5.56 Å². The first kappa shape index (κ1) is 16.9. The summed E-state index contributed by atoms with van der Waals surface area (Å²) in [7, 11) is 4.03. The molecular weight excluding hydrogens is 250 g/mol. The zero-order chi connectivity index (χ0) is 13.0. The van der Waals surface area contributed by atoms with Crippen molar-refractivity contribution in [3.05, 3.63) is 29.3 Å². The number of amides is 1. The monoisotopic (exact) mass is 271 g/mol. The van der Waals surface area contributed by atoms with Crippen LogP contribution in [0.4, 0.5) is 5.69 Å². The van der Waals surface area contributed by atoms with Gasteiger partial charge in [0, 0.05) is 12.2 Å². The highest BCUT2D eigenvalue weighted by Crippen LogP contribution is 2.15. The van der Waals surface area contributed by atoms with Crippen LogP contribution in [0.2, 0.25) is 0 Å². The molecule has 0 heterocycles. The molecule has 0 aliphatic heterocycles. The minimum Gasteiger partial charge on any atom is -0.325 e. The number of carbonyl (C=O) groups excluding carboxylic acids is 1. The Kier molecular flexibility index (Phi) is 6.91. The van der Waals surface area contributed by atoms with E-state index in [0.29, 0.717) is 0 Å². The summed E-state index contributed by atoms with van der Waals surface area (Å²) in [6, 6.07) is 5.54. The first-order chi connectivity index (χ1) is 7.88. The summed E-state index contributed by atoms with van der Waals surface area (Å²) in [4.78, 5) is 13.6. The maximum Gasteiger partial charge on any atom is 0.240 e. The molecule has 0 aliphatic rings. The molecule has 0 fully saturated rings. The number of aryl methyl sites for hydroxylation is 1. The van der Waals surface area contributed by atoms with Crippen molar-refractivity contribution in [3.63, 3.8) is 0 Å². The molecule has 0 aromatic heterocycles. The predicted octanol–water partition coefficient (Wildman–Crippen LogP) is 1.76. The third-order valence-electron chi connectivity index (χ3n) is 2.32. The normalized spacial score (nSPS) is 11.9. The van der Waals surface area contributed by atoms with Crippen LogP contribution < -0.4 is 11.1 Å². The van der Waals surface area contributed by atoms with E-state index >= 15 is 0 Å². The van der Waals surface area contributed by atoms with Gasteiger partial charge in [-0.3, -0.25) is 4.79 Å². The molecule has 1 atom stereocenters. The van der Waals surface area contributed by atoms with Crippen LogP contribution in [0, 0.1) is 6.92 Å². The number of rotatable bonds is 4. The summed E-state index contributed by atoms with van der Waals surface area (Å²) >= 11 is 0. The smallest absolute Gasteiger partial charge is 0.240 e. The van der Waals surface area contributed by atoms with Crippen molar-refractivity contribution in [2.24, 2.45) is 5.73 Å². The first-order valence-electron chi connectivity index (χ1n) is 5.70. The van der Waals surface area contributed by atoms with Gasteiger partial charge in [0.2, 0.25) is 5.91 Å². The summed E-state index contributed by atoms with van der Waals surface area (Å²) < 4.78 is 0. The van der Waals surface area contributed by atoms with E-state index in [4.69, 9.17) is 5.73 Å². The second-order valence-corrected chi connectivity index (χ2v) is 4.72. The molecule has 0 spiro atoms. The van der Waals surface area contributed by atoms with Crippen molar-refractivity contribution < 1.29 is 4.79 Å². The minimum atomic E-state index is -0.493. The van der Waals surface area contributed by atoms with Crippen LogP contribution in [0.3, 0.4) is 0 Å². The van der Waals surface area contributed by atoms with Gasteiger partial charge in [0.25, 0.3) is 0 Å². The number of benzene rings is 1. The van der Waals surface area contributed by atoms with Crippen molar-refractivity contribution in [1.29, 1.82) is 0 Å². The molecule has 1 amide bonds. The first-order valence-corrected chi connectivity index (χ1v) is 5.70. The highest BCUT2D eigenvalue weighted by Gasteiger charge is 2.08. The van der Waals surface area contributed by atoms with Crippen molar-refractivity contribution >= 4 is 24.0 Å². The lowest BCUT2D eigenvalue weighted by atomic mass is 10.1. The molecular formula is C13H22ClN3O. The number of anilines is 1. The number of nitrogens with one attached hydrogen (secondary N) is 1. The summed E-state index contributed by atoms with van der Waals surface area (Å²) in [5, 5.41) is 2.81. The highest BCUT2D eigenvalue weighted by atomic mass is 35.5. The molecule has 1 aromatic carbocycles. The number of carbonyl (C=O) groups is 1. The van der Waals surface area contributed by atoms with Gasteiger partial charge in [0.15, 0.2) is 0 Å². The number of nitrogens with zero attached hydrogens (tertiary/aromatic N) is 1. The van der Waals surface area contributed by atoms with E-state index in [0.717, 1.165) is 17.8 Å². The molecule has 1 rings (SSSR count). The van der Waals surface area contributed by atoms with Crippen molar-refractivity contribution in [2.45, 2.75) is 26.4 Å². The average molecular weight is 272 g/mol. The molecule has 0 aliphatic carbocycles. The van der Waals surface area contributed by atoms with Gasteiger partial charge in [-0.25, -0.2) is 0 Å². The molecule has 1 aromatic rings. The van der Waals surface area contributed by atoms with Crippen LogP contribution in [-0.4, -0.2) is 30.9 Å². The number of halogens is 1. The Balaban J connectivity index is 0.00000289. The summed E-state index contributed by atoms with van der Waals surface area (Å²) in [5.41, 5.74) is 8.63. The van der Waals surface area contributed by atoms with E-state index in [-0.39, 0.29) is 18.3 Å². The van der Waals surface area contributed by atoms with Crippen molar-refractivity contribution in [3.8, 4) is 0 Å². The number of nitrogens with two attached hydrogens (primary N) is 1. The fourth-order valence-electron chi connectivity index (χ4n) is 1.65. The van der Waals surface area contributed by atoms with Crippen LogP contribution in [0.5, 0.6) is 0 Å². The molecule has 3 N–H and O–H groups in total. The summed E-state index contributed by atoms with van der Waals surface area (Å²) in [5.74, 6) is -0.161. The van der Waals surface area contributed by atoms with Gasteiger partial charge >= 0.3 is 0 Å². The van der Waals surface area contributed by atoms with Gasteiger partial charge < -0.3 is 16.0 Å². The van der Waals surface area contributed by atoms with Gasteiger partial charge in [0.1, 0.15) is 0 Å². The van der Waals surface area contributed by atoms with Gasteiger partial charge in [-0.1, -0.05) is 6.07 Å². The van der Waals surface area contributed by atoms with Crippen LogP contribution in [0.1, 0.15) is 18.1 Å². The average Bonchev–Trinajstić information content (AvgIpc) is 2.14. The number of hydrogen-bond donors (Lipinski definition) is 2. The lowest BCUT2D eigenvalue weighted by Gasteiger charge is -2.13. The maximum atomic E-state index is 11.5. The quantitative estimate of drug-likeness (QED) is 0.877. The zero-order valence-corrected chi connectivity index (χ0v) is 12.2. The molecule has 18 heavy (non-hydrogen) atoms. The molecule has 0 saturated carbocycles. The van der Waals surface area contributed by atoms with Gasteiger partial charge in [0.05, 0.1) is 6.04 Å². The summed E-state index contributed by atoms with van der Waals surface area (Å²) in [6.45, 7) is 4.54. The lowest BCUT2D eigenvalue weighted by Crippen LogP contribution is -2.32. The SMILES string of the molecule is Cc1cc(CN(C)C)cc(NC(=O)[C@@H](C)N)c1.Cl. The second kappa shape index (κ2) is 7.36. The zero-order valence-electron chi connectivity index (χ0n) is 11.4. The Morgan fingerprint density at radius 2 is 2.00 bits per heavy atom. The van der Waals surface area contributed by atoms with Gasteiger partial charge in [-0.15, -0.1) is 12.4 Å². The van der Waals surface area contributed by atoms with Crippen LogP contribution in [0.25, 0.3) is 0 Å². The largest absolute Gasteiger partial charge is 0.325 e. The Hall–Kier alpha value is -1.10. The van der Waals surface area contributed by atoms with E-state index < -0.39 is 6.04 Å². The fourth-order valence-corrected chi connectivity index (χ4v) is 1.65. The Morgan fingerprint density at radius 3 is 2.50 bits per heavy atom. The standard InChI is InChI=1S/C13H21N3O.ClH/c1-9-5-11(8-16(3)4)7-12(6-9)15-13(17)10(2)14;/h5-7,10H,8,14H2,1-4H3,(H,15,17);1H/t10-;/m1./s1. The lowest BCUT2D eigenvalue weighted by molar-refractivity contribution is -0.117. The van der Waals surface area contributed by atoms with Crippen LogP contribution in [-0.2, 0) is 11.3 Å². The molecule has 0 radical (unpaired) electrons.